The van der Waals surface area contributed by atoms with Gasteiger partial charge in [0.2, 0.25) is 0 Å². The zero-order valence-electron chi connectivity index (χ0n) is 8.28. The molecule has 0 aromatic carbocycles. The van der Waals surface area contributed by atoms with Crippen molar-refractivity contribution in [1.29, 1.82) is 0 Å². The lowest BCUT2D eigenvalue weighted by molar-refractivity contribution is 0.530. The van der Waals surface area contributed by atoms with E-state index in [9.17, 15) is 0 Å². The molecule has 0 spiro atoms. The zero-order valence-corrected chi connectivity index (χ0v) is 9.10. The van der Waals surface area contributed by atoms with Gasteiger partial charge < -0.3 is 15.1 Å². The Balaban J connectivity index is 2.60. The maximum atomic E-state index is 5.64. The van der Waals surface area contributed by atoms with Crippen molar-refractivity contribution in [2.45, 2.75) is 18.1 Å². The molecule has 1 atom stereocenters. The lowest BCUT2D eigenvalue weighted by Crippen LogP contribution is -2.11. The van der Waals surface area contributed by atoms with Gasteiger partial charge in [-0.05, 0) is 6.92 Å². The molecule has 0 bridgehead atoms. The second-order valence-corrected chi connectivity index (χ2v) is 4.51. The number of nitrogens with two attached hydrogens (primary N) is 1. The summed E-state index contributed by atoms with van der Waals surface area (Å²) in [5.41, 5.74) is 6.78. The standard InChI is InChI=1S/C9H16N2OS/c1-7(10)13-6-9-8(11(2)3)4-5-12-9/h4-5,7H,6,10H2,1-3H3. The Labute approximate surface area is 83.3 Å². The quantitative estimate of drug-likeness (QED) is 0.754. The molecule has 0 aliphatic rings. The van der Waals surface area contributed by atoms with E-state index in [2.05, 4.69) is 0 Å². The third-order valence-corrected chi connectivity index (χ3v) is 2.64. The molecule has 1 heterocycles. The van der Waals surface area contributed by atoms with Crippen LogP contribution in [0.2, 0.25) is 0 Å². The minimum absolute atomic E-state index is 0.153. The van der Waals surface area contributed by atoms with E-state index in [1.54, 1.807) is 18.0 Å². The van der Waals surface area contributed by atoms with Gasteiger partial charge in [-0.25, -0.2) is 0 Å². The van der Waals surface area contributed by atoms with Crippen LogP contribution >= 0.6 is 11.8 Å². The molecule has 1 unspecified atom stereocenters. The molecule has 4 heteroatoms. The number of rotatable bonds is 4. The van der Waals surface area contributed by atoms with Gasteiger partial charge in [0.25, 0.3) is 0 Å². The number of hydrogen-bond acceptors (Lipinski definition) is 4. The van der Waals surface area contributed by atoms with Crippen LogP contribution in [0.5, 0.6) is 0 Å². The number of nitrogens with zero attached hydrogens (tertiary/aromatic N) is 1. The summed E-state index contributed by atoms with van der Waals surface area (Å²) in [4.78, 5) is 2.04. The predicted octanol–water partition coefficient (Wildman–Crippen LogP) is 1.88. The third-order valence-electron chi connectivity index (χ3n) is 1.68. The largest absolute Gasteiger partial charge is 0.466 e. The summed E-state index contributed by atoms with van der Waals surface area (Å²) in [6.07, 6.45) is 1.71. The van der Waals surface area contributed by atoms with Crippen molar-refractivity contribution in [3.63, 3.8) is 0 Å². The highest BCUT2D eigenvalue weighted by molar-refractivity contribution is 7.99. The molecule has 2 N–H and O–H groups in total. The van der Waals surface area contributed by atoms with Gasteiger partial charge in [0.1, 0.15) is 5.76 Å². The first-order valence-corrected chi connectivity index (χ1v) is 5.27. The van der Waals surface area contributed by atoms with E-state index in [0.717, 1.165) is 17.2 Å². The van der Waals surface area contributed by atoms with Crippen LogP contribution in [0.1, 0.15) is 12.7 Å². The Bertz CT molecular complexity index is 258. The van der Waals surface area contributed by atoms with E-state index < -0.39 is 0 Å². The van der Waals surface area contributed by atoms with Gasteiger partial charge in [0.05, 0.1) is 17.7 Å². The van der Waals surface area contributed by atoms with Gasteiger partial charge >= 0.3 is 0 Å². The van der Waals surface area contributed by atoms with E-state index in [1.165, 1.54) is 0 Å². The average molecular weight is 200 g/mol. The van der Waals surface area contributed by atoms with Crippen molar-refractivity contribution in [2.75, 3.05) is 19.0 Å². The van der Waals surface area contributed by atoms with Crippen molar-refractivity contribution in [1.82, 2.24) is 0 Å². The van der Waals surface area contributed by atoms with Crippen LogP contribution in [0.4, 0.5) is 5.69 Å². The molecule has 0 radical (unpaired) electrons. The molecule has 1 aromatic rings. The third kappa shape index (κ3) is 2.97. The van der Waals surface area contributed by atoms with E-state index in [0.29, 0.717) is 0 Å². The molecule has 74 valence electrons. The first-order valence-electron chi connectivity index (χ1n) is 4.22. The maximum absolute atomic E-state index is 5.64. The van der Waals surface area contributed by atoms with Crippen LogP contribution in [0, 0.1) is 0 Å². The summed E-state index contributed by atoms with van der Waals surface area (Å²) in [5.74, 6) is 1.82. The van der Waals surface area contributed by atoms with Gasteiger partial charge in [0, 0.05) is 25.5 Å². The molecule has 3 nitrogen and oxygen atoms in total. The van der Waals surface area contributed by atoms with Gasteiger partial charge in [-0.3, -0.25) is 0 Å². The highest BCUT2D eigenvalue weighted by Gasteiger charge is 2.08. The van der Waals surface area contributed by atoms with Crippen LogP contribution in [0.25, 0.3) is 0 Å². The van der Waals surface area contributed by atoms with Crippen molar-refractivity contribution in [2.24, 2.45) is 5.73 Å². The molecule has 0 amide bonds. The molecule has 0 saturated carbocycles. The second-order valence-electron chi connectivity index (χ2n) is 3.14. The number of thioether (sulfide) groups is 1. The molecule has 0 aliphatic heterocycles. The van der Waals surface area contributed by atoms with E-state index in [4.69, 9.17) is 10.2 Å². The normalized spacial score (nSPS) is 12.9. The van der Waals surface area contributed by atoms with Gasteiger partial charge in [-0.15, -0.1) is 11.8 Å². The summed E-state index contributed by atoms with van der Waals surface area (Å²) in [7, 11) is 4.01. The molecule has 0 aliphatic carbocycles. The molecule has 13 heavy (non-hydrogen) atoms. The Hall–Kier alpha value is -0.610. The summed E-state index contributed by atoms with van der Waals surface area (Å²) in [6, 6.07) is 1.97. The van der Waals surface area contributed by atoms with Gasteiger partial charge in [-0.2, -0.15) is 0 Å². The summed E-state index contributed by atoms with van der Waals surface area (Å²) < 4.78 is 5.36. The fourth-order valence-corrected chi connectivity index (χ4v) is 1.68. The fourth-order valence-electron chi connectivity index (χ4n) is 1.05. The SMILES string of the molecule is CC(N)SCc1occc1N(C)C. The first kappa shape index (κ1) is 10.5. The summed E-state index contributed by atoms with van der Waals surface area (Å²) in [6.45, 7) is 1.98. The number of anilines is 1. The van der Waals surface area contributed by atoms with Crippen LogP contribution in [-0.4, -0.2) is 19.5 Å². The van der Waals surface area contributed by atoms with Crippen LogP contribution < -0.4 is 10.6 Å². The highest BCUT2D eigenvalue weighted by Crippen LogP contribution is 2.25. The van der Waals surface area contributed by atoms with Crippen molar-refractivity contribution in [3.05, 3.63) is 18.1 Å². The molecule has 0 fully saturated rings. The Morgan fingerprint density at radius 2 is 2.31 bits per heavy atom. The summed E-state index contributed by atoms with van der Waals surface area (Å²) >= 11 is 1.68. The highest BCUT2D eigenvalue weighted by atomic mass is 32.2. The molecule has 1 aromatic heterocycles. The Morgan fingerprint density at radius 3 is 2.85 bits per heavy atom. The number of furan rings is 1. The minimum atomic E-state index is 0.153. The van der Waals surface area contributed by atoms with Crippen molar-refractivity contribution in [3.8, 4) is 0 Å². The fraction of sp³-hybridized carbons (Fsp3) is 0.556. The van der Waals surface area contributed by atoms with Crippen LogP contribution in [0.15, 0.2) is 16.7 Å². The lowest BCUT2D eigenvalue weighted by atomic mass is 10.4. The van der Waals surface area contributed by atoms with Crippen molar-refractivity contribution < 1.29 is 4.42 Å². The zero-order chi connectivity index (χ0) is 9.84. The lowest BCUT2D eigenvalue weighted by Gasteiger charge is -2.12. The van der Waals surface area contributed by atoms with Gasteiger partial charge in [0.15, 0.2) is 0 Å². The molecular formula is C9H16N2OS. The maximum Gasteiger partial charge on any atom is 0.136 e. The Morgan fingerprint density at radius 1 is 1.62 bits per heavy atom. The monoisotopic (exact) mass is 200 g/mol. The number of hydrogen-bond donors (Lipinski definition) is 1. The van der Waals surface area contributed by atoms with E-state index in [1.807, 2.05) is 32.0 Å². The van der Waals surface area contributed by atoms with Gasteiger partial charge in [-0.1, -0.05) is 0 Å². The topological polar surface area (TPSA) is 42.4 Å². The minimum Gasteiger partial charge on any atom is -0.466 e. The second kappa shape index (κ2) is 4.58. The first-order chi connectivity index (χ1) is 6.11. The smallest absolute Gasteiger partial charge is 0.136 e. The molecular weight excluding hydrogens is 184 g/mol. The molecule has 0 saturated heterocycles. The van der Waals surface area contributed by atoms with Crippen LogP contribution in [-0.2, 0) is 5.75 Å². The summed E-state index contributed by atoms with van der Waals surface area (Å²) in [5, 5.41) is 0.153. The van der Waals surface area contributed by atoms with Crippen LogP contribution in [0.3, 0.4) is 0 Å². The van der Waals surface area contributed by atoms with E-state index in [-0.39, 0.29) is 5.37 Å². The average Bonchev–Trinajstić information content (AvgIpc) is 2.47. The Kier molecular flexibility index (Phi) is 3.69. The van der Waals surface area contributed by atoms with E-state index >= 15 is 0 Å². The van der Waals surface area contributed by atoms with Crippen molar-refractivity contribution >= 4 is 17.4 Å². The molecule has 1 rings (SSSR count). The predicted molar refractivity (Wildman–Crippen MR) is 58.0 cm³/mol.